The average Bonchev–Trinajstić information content (AvgIpc) is 2.59. The molecule has 0 bridgehead atoms. The summed E-state index contributed by atoms with van der Waals surface area (Å²) in [5.41, 5.74) is 1.03. The van der Waals surface area contributed by atoms with Crippen LogP contribution in [0.3, 0.4) is 0 Å². The van der Waals surface area contributed by atoms with Crippen LogP contribution < -0.4 is 5.32 Å². The first-order valence-electron chi connectivity index (χ1n) is 6.14. The first-order valence-corrected chi connectivity index (χ1v) is 6.14. The van der Waals surface area contributed by atoms with E-state index in [2.05, 4.69) is 10.3 Å². The summed E-state index contributed by atoms with van der Waals surface area (Å²) in [5, 5.41) is 3.24. The zero-order chi connectivity index (χ0) is 11.0. The Hall–Kier alpha value is -0.870. The predicted molar refractivity (Wildman–Crippen MR) is 59.4 cm³/mol. The molecule has 4 heteroatoms. The van der Waals surface area contributed by atoms with E-state index in [1.807, 2.05) is 6.92 Å². The Morgan fingerprint density at radius 3 is 2.81 bits per heavy atom. The van der Waals surface area contributed by atoms with Gasteiger partial charge in [-0.15, -0.1) is 0 Å². The standard InChI is InChI=1S/C12H18N2O2/c1-8-11(10-4-2-3-5-15-10)14-12(16-8)9-6-13-7-9/h9-10,13H,2-7H2,1H3. The summed E-state index contributed by atoms with van der Waals surface area (Å²) < 4.78 is 11.5. The molecular formula is C12H18N2O2. The van der Waals surface area contributed by atoms with Crippen LogP contribution in [0.4, 0.5) is 0 Å². The maximum Gasteiger partial charge on any atom is 0.200 e. The number of rotatable bonds is 2. The molecule has 1 aromatic heterocycles. The van der Waals surface area contributed by atoms with Crippen LogP contribution in [0.25, 0.3) is 0 Å². The third-order valence-corrected chi connectivity index (χ3v) is 3.46. The van der Waals surface area contributed by atoms with Gasteiger partial charge < -0.3 is 14.5 Å². The van der Waals surface area contributed by atoms with E-state index in [0.717, 1.165) is 43.5 Å². The fraction of sp³-hybridized carbons (Fsp3) is 0.750. The SMILES string of the molecule is Cc1oc(C2CNC2)nc1C1CCCCO1. The molecule has 1 N–H and O–H groups in total. The Labute approximate surface area is 95.4 Å². The molecule has 16 heavy (non-hydrogen) atoms. The van der Waals surface area contributed by atoms with Gasteiger partial charge in [-0.05, 0) is 26.2 Å². The molecule has 0 aliphatic carbocycles. The number of oxazole rings is 1. The number of aromatic nitrogens is 1. The minimum atomic E-state index is 0.166. The Bertz CT molecular complexity index is 365. The number of hydrogen-bond acceptors (Lipinski definition) is 4. The van der Waals surface area contributed by atoms with Crippen molar-refractivity contribution >= 4 is 0 Å². The van der Waals surface area contributed by atoms with E-state index in [-0.39, 0.29) is 6.10 Å². The van der Waals surface area contributed by atoms with Crippen molar-refractivity contribution < 1.29 is 9.15 Å². The summed E-state index contributed by atoms with van der Waals surface area (Å²) in [6.45, 7) is 4.84. The number of nitrogens with one attached hydrogen (secondary N) is 1. The molecule has 88 valence electrons. The van der Waals surface area contributed by atoms with Crippen molar-refractivity contribution in [3.63, 3.8) is 0 Å². The van der Waals surface area contributed by atoms with E-state index in [0.29, 0.717) is 5.92 Å². The lowest BCUT2D eigenvalue weighted by Gasteiger charge is -2.23. The van der Waals surface area contributed by atoms with Gasteiger partial charge in [-0.2, -0.15) is 0 Å². The lowest BCUT2D eigenvalue weighted by Crippen LogP contribution is -2.40. The number of nitrogens with zero attached hydrogens (tertiary/aromatic N) is 1. The second-order valence-electron chi connectivity index (χ2n) is 4.70. The fourth-order valence-electron chi connectivity index (χ4n) is 2.32. The summed E-state index contributed by atoms with van der Waals surface area (Å²) in [7, 11) is 0. The number of ether oxygens (including phenoxy) is 1. The van der Waals surface area contributed by atoms with Crippen molar-refractivity contribution in [1.82, 2.24) is 10.3 Å². The van der Waals surface area contributed by atoms with Gasteiger partial charge >= 0.3 is 0 Å². The van der Waals surface area contributed by atoms with E-state index in [4.69, 9.17) is 9.15 Å². The largest absolute Gasteiger partial charge is 0.445 e. The van der Waals surface area contributed by atoms with E-state index in [1.54, 1.807) is 0 Å². The highest BCUT2D eigenvalue weighted by atomic mass is 16.5. The lowest BCUT2D eigenvalue weighted by atomic mass is 10.0. The molecule has 0 radical (unpaired) electrons. The van der Waals surface area contributed by atoms with Gasteiger partial charge in [0.2, 0.25) is 0 Å². The van der Waals surface area contributed by atoms with Gasteiger partial charge in [-0.25, -0.2) is 4.98 Å². The Balaban J connectivity index is 1.79. The molecule has 0 spiro atoms. The fourth-order valence-corrected chi connectivity index (χ4v) is 2.32. The van der Waals surface area contributed by atoms with Crippen molar-refractivity contribution in [2.45, 2.75) is 38.2 Å². The van der Waals surface area contributed by atoms with Crippen molar-refractivity contribution in [2.24, 2.45) is 0 Å². The van der Waals surface area contributed by atoms with E-state index < -0.39 is 0 Å². The second kappa shape index (κ2) is 4.18. The lowest BCUT2D eigenvalue weighted by molar-refractivity contribution is 0.0117. The van der Waals surface area contributed by atoms with Crippen LogP contribution in [0.2, 0.25) is 0 Å². The molecule has 3 heterocycles. The highest BCUT2D eigenvalue weighted by Gasteiger charge is 2.28. The maximum absolute atomic E-state index is 5.75. The topological polar surface area (TPSA) is 47.3 Å². The van der Waals surface area contributed by atoms with E-state index >= 15 is 0 Å². The molecule has 3 rings (SSSR count). The van der Waals surface area contributed by atoms with Crippen LogP contribution in [0.15, 0.2) is 4.42 Å². The van der Waals surface area contributed by atoms with Crippen molar-refractivity contribution in [3.05, 3.63) is 17.3 Å². The van der Waals surface area contributed by atoms with E-state index in [1.165, 1.54) is 12.8 Å². The quantitative estimate of drug-likeness (QED) is 0.830. The summed E-state index contributed by atoms with van der Waals surface area (Å²) >= 11 is 0. The maximum atomic E-state index is 5.75. The summed E-state index contributed by atoms with van der Waals surface area (Å²) in [6, 6.07) is 0. The van der Waals surface area contributed by atoms with Gasteiger partial charge in [0.25, 0.3) is 0 Å². The molecule has 1 unspecified atom stereocenters. The molecule has 2 aliphatic heterocycles. The highest BCUT2D eigenvalue weighted by Crippen LogP contribution is 2.31. The van der Waals surface area contributed by atoms with Crippen LogP contribution in [-0.4, -0.2) is 24.7 Å². The van der Waals surface area contributed by atoms with Gasteiger partial charge in [0.05, 0.1) is 5.92 Å². The van der Waals surface area contributed by atoms with Gasteiger partial charge in [-0.3, -0.25) is 0 Å². The summed E-state index contributed by atoms with van der Waals surface area (Å²) in [4.78, 5) is 4.62. The van der Waals surface area contributed by atoms with Crippen LogP contribution in [0, 0.1) is 6.92 Å². The van der Waals surface area contributed by atoms with Gasteiger partial charge in [0, 0.05) is 19.7 Å². The zero-order valence-corrected chi connectivity index (χ0v) is 9.66. The minimum Gasteiger partial charge on any atom is -0.445 e. The third kappa shape index (κ3) is 1.76. The van der Waals surface area contributed by atoms with Crippen molar-refractivity contribution in [2.75, 3.05) is 19.7 Å². The van der Waals surface area contributed by atoms with Crippen LogP contribution in [-0.2, 0) is 4.74 Å². The Morgan fingerprint density at radius 1 is 1.31 bits per heavy atom. The monoisotopic (exact) mass is 222 g/mol. The molecule has 1 aromatic rings. The van der Waals surface area contributed by atoms with E-state index in [9.17, 15) is 0 Å². The van der Waals surface area contributed by atoms with Crippen molar-refractivity contribution in [3.8, 4) is 0 Å². The highest BCUT2D eigenvalue weighted by molar-refractivity contribution is 5.15. The smallest absolute Gasteiger partial charge is 0.200 e. The van der Waals surface area contributed by atoms with Crippen molar-refractivity contribution in [1.29, 1.82) is 0 Å². The molecule has 0 aromatic carbocycles. The zero-order valence-electron chi connectivity index (χ0n) is 9.66. The molecule has 2 aliphatic rings. The molecule has 0 amide bonds. The first-order chi connectivity index (χ1) is 7.84. The van der Waals surface area contributed by atoms with Crippen LogP contribution >= 0.6 is 0 Å². The summed E-state index contributed by atoms with van der Waals surface area (Å²) in [5.74, 6) is 2.30. The minimum absolute atomic E-state index is 0.166. The molecular weight excluding hydrogens is 204 g/mol. The number of aryl methyl sites for hydroxylation is 1. The van der Waals surface area contributed by atoms with Crippen LogP contribution in [0.1, 0.15) is 48.6 Å². The van der Waals surface area contributed by atoms with Crippen LogP contribution in [0.5, 0.6) is 0 Å². The number of hydrogen-bond donors (Lipinski definition) is 1. The van der Waals surface area contributed by atoms with Gasteiger partial charge in [-0.1, -0.05) is 0 Å². The molecule has 1 atom stereocenters. The Morgan fingerprint density at radius 2 is 2.19 bits per heavy atom. The second-order valence-corrected chi connectivity index (χ2v) is 4.70. The molecule has 0 saturated carbocycles. The molecule has 2 saturated heterocycles. The average molecular weight is 222 g/mol. The molecule has 2 fully saturated rings. The van der Waals surface area contributed by atoms with Gasteiger partial charge in [0.15, 0.2) is 5.89 Å². The summed E-state index contributed by atoms with van der Waals surface area (Å²) in [6.07, 6.45) is 3.65. The third-order valence-electron chi connectivity index (χ3n) is 3.46. The van der Waals surface area contributed by atoms with Gasteiger partial charge in [0.1, 0.15) is 17.6 Å². The first kappa shape index (κ1) is 10.3. The Kier molecular flexibility index (Phi) is 2.69. The predicted octanol–water partition coefficient (Wildman–Crippen LogP) is 1.91. The molecule has 4 nitrogen and oxygen atoms in total. The normalized spacial score (nSPS) is 26.7.